The Balaban J connectivity index is 2.16. The zero-order chi connectivity index (χ0) is 11.0. The van der Waals surface area contributed by atoms with Crippen LogP contribution in [-0.2, 0) is 0 Å². The molecular formula is C11H14FIN2. The van der Waals surface area contributed by atoms with Gasteiger partial charge in [-0.15, -0.1) is 0 Å². The van der Waals surface area contributed by atoms with Crippen LogP contribution in [0, 0.1) is 15.3 Å². The molecule has 2 nitrogen and oxygen atoms in total. The van der Waals surface area contributed by atoms with Gasteiger partial charge in [0.2, 0.25) is 0 Å². The van der Waals surface area contributed by atoms with E-state index in [0.717, 1.165) is 5.92 Å². The summed E-state index contributed by atoms with van der Waals surface area (Å²) >= 11 is 1.94. The molecule has 0 bridgehead atoms. The first kappa shape index (κ1) is 11.0. The van der Waals surface area contributed by atoms with Crippen molar-refractivity contribution in [2.45, 2.75) is 25.8 Å². The number of rotatable bonds is 3. The van der Waals surface area contributed by atoms with Gasteiger partial charge in [0, 0.05) is 12.1 Å². The minimum atomic E-state index is -0.213. The Bertz CT molecular complexity index is 377. The summed E-state index contributed by atoms with van der Waals surface area (Å²) in [7, 11) is 0. The van der Waals surface area contributed by atoms with Crippen molar-refractivity contribution >= 4 is 34.0 Å². The van der Waals surface area contributed by atoms with Crippen LogP contribution in [-0.4, -0.2) is 6.04 Å². The van der Waals surface area contributed by atoms with Crippen molar-refractivity contribution in [2.24, 2.45) is 5.92 Å². The first-order chi connectivity index (χ1) is 7.08. The number of benzene rings is 1. The molecule has 1 saturated carbocycles. The van der Waals surface area contributed by atoms with Gasteiger partial charge in [0.05, 0.1) is 14.9 Å². The maximum atomic E-state index is 13.3. The Morgan fingerprint density at radius 2 is 2.20 bits per heavy atom. The van der Waals surface area contributed by atoms with Gasteiger partial charge < -0.3 is 11.1 Å². The molecule has 0 aliphatic heterocycles. The number of hydrogen-bond donors (Lipinski definition) is 2. The topological polar surface area (TPSA) is 38.0 Å². The maximum absolute atomic E-state index is 13.3. The van der Waals surface area contributed by atoms with Crippen molar-refractivity contribution in [3.8, 4) is 0 Å². The summed E-state index contributed by atoms with van der Waals surface area (Å²) in [5.74, 6) is 0.516. The van der Waals surface area contributed by atoms with E-state index in [1.807, 2.05) is 22.6 Å². The third-order valence-corrected chi connectivity index (χ3v) is 3.63. The maximum Gasteiger partial charge on any atom is 0.138 e. The molecule has 0 radical (unpaired) electrons. The van der Waals surface area contributed by atoms with Crippen LogP contribution in [0.25, 0.3) is 0 Å². The molecule has 0 saturated heterocycles. The van der Waals surface area contributed by atoms with Gasteiger partial charge >= 0.3 is 0 Å². The summed E-state index contributed by atoms with van der Waals surface area (Å²) in [5, 5.41) is 3.27. The summed E-state index contributed by atoms with van der Waals surface area (Å²) in [6.07, 6.45) is 2.53. The molecule has 1 fully saturated rings. The highest BCUT2D eigenvalue weighted by Crippen LogP contribution is 2.35. The normalized spacial score (nSPS) is 17.5. The van der Waals surface area contributed by atoms with Crippen molar-refractivity contribution in [1.29, 1.82) is 0 Å². The van der Waals surface area contributed by atoms with Crippen molar-refractivity contribution in [2.75, 3.05) is 11.1 Å². The molecule has 1 aromatic rings. The van der Waals surface area contributed by atoms with Crippen LogP contribution in [0.5, 0.6) is 0 Å². The van der Waals surface area contributed by atoms with E-state index in [1.165, 1.54) is 18.9 Å². The Morgan fingerprint density at radius 3 is 2.80 bits per heavy atom. The SMILES string of the molecule is CC(Nc1cc(F)c(I)cc1N)C1CC1. The molecule has 1 aromatic carbocycles. The Hall–Kier alpha value is -0.520. The van der Waals surface area contributed by atoms with Gasteiger partial charge in [0.15, 0.2) is 0 Å². The van der Waals surface area contributed by atoms with Crippen LogP contribution >= 0.6 is 22.6 Å². The number of hydrogen-bond acceptors (Lipinski definition) is 2. The summed E-state index contributed by atoms with van der Waals surface area (Å²) in [6, 6.07) is 3.53. The molecule has 1 unspecified atom stereocenters. The van der Waals surface area contributed by atoms with Crippen LogP contribution in [0.15, 0.2) is 12.1 Å². The van der Waals surface area contributed by atoms with E-state index in [9.17, 15) is 4.39 Å². The smallest absolute Gasteiger partial charge is 0.138 e. The second-order valence-corrected chi connectivity index (χ2v) is 5.29. The molecule has 1 aliphatic rings. The third-order valence-electron chi connectivity index (χ3n) is 2.80. The second-order valence-electron chi connectivity index (χ2n) is 4.12. The molecule has 0 amide bonds. The fourth-order valence-corrected chi connectivity index (χ4v) is 2.14. The number of halogens is 2. The lowest BCUT2D eigenvalue weighted by atomic mass is 10.2. The van der Waals surface area contributed by atoms with Crippen LogP contribution in [0.2, 0.25) is 0 Å². The zero-order valence-electron chi connectivity index (χ0n) is 8.56. The van der Waals surface area contributed by atoms with Crippen LogP contribution in [0.1, 0.15) is 19.8 Å². The van der Waals surface area contributed by atoms with E-state index in [0.29, 0.717) is 21.0 Å². The number of nitrogens with one attached hydrogen (secondary N) is 1. The molecule has 82 valence electrons. The third kappa shape index (κ3) is 2.53. The highest BCUT2D eigenvalue weighted by Gasteiger charge is 2.28. The molecule has 4 heteroatoms. The molecule has 1 aliphatic carbocycles. The van der Waals surface area contributed by atoms with Crippen molar-refractivity contribution in [3.05, 3.63) is 21.5 Å². The van der Waals surface area contributed by atoms with E-state index in [4.69, 9.17) is 5.73 Å². The van der Waals surface area contributed by atoms with E-state index < -0.39 is 0 Å². The Morgan fingerprint density at radius 1 is 1.53 bits per heavy atom. The lowest BCUT2D eigenvalue weighted by Crippen LogP contribution is -2.18. The van der Waals surface area contributed by atoms with Gasteiger partial charge in [0.1, 0.15) is 5.82 Å². The van der Waals surface area contributed by atoms with Crippen LogP contribution in [0.4, 0.5) is 15.8 Å². The lowest BCUT2D eigenvalue weighted by Gasteiger charge is -2.16. The standard InChI is InChI=1S/C11H14FIN2/c1-6(7-2-3-7)15-11-4-8(12)9(13)5-10(11)14/h4-7,15H,2-3,14H2,1H3. The van der Waals surface area contributed by atoms with Crippen LogP contribution in [0.3, 0.4) is 0 Å². The quantitative estimate of drug-likeness (QED) is 0.663. The molecule has 0 spiro atoms. The predicted molar refractivity (Wildman–Crippen MR) is 69.3 cm³/mol. The highest BCUT2D eigenvalue weighted by atomic mass is 127. The molecular weight excluding hydrogens is 306 g/mol. The molecule has 2 rings (SSSR count). The van der Waals surface area contributed by atoms with Gasteiger partial charge in [-0.2, -0.15) is 0 Å². The molecule has 0 aromatic heterocycles. The van der Waals surface area contributed by atoms with E-state index >= 15 is 0 Å². The fourth-order valence-electron chi connectivity index (χ4n) is 1.65. The van der Waals surface area contributed by atoms with Gasteiger partial charge in [-0.3, -0.25) is 0 Å². The van der Waals surface area contributed by atoms with Crippen LogP contribution < -0.4 is 11.1 Å². The first-order valence-electron chi connectivity index (χ1n) is 5.09. The summed E-state index contributed by atoms with van der Waals surface area (Å²) in [6.45, 7) is 2.12. The number of nitrogen functional groups attached to an aromatic ring is 1. The minimum absolute atomic E-state index is 0.213. The largest absolute Gasteiger partial charge is 0.397 e. The number of anilines is 2. The van der Waals surface area contributed by atoms with Gasteiger partial charge in [-0.25, -0.2) is 4.39 Å². The highest BCUT2D eigenvalue weighted by molar-refractivity contribution is 14.1. The average Bonchev–Trinajstić information content (AvgIpc) is 2.97. The second kappa shape index (κ2) is 4.15. The molecule has 3 N–H and O–H groups in total. The minimum Gasteiger partial charge on any atom is -0.397 e. The Labute approximate surface area is 103 Å². The lowest BCUT2D eigenvalue weighted by molar-refractivity contribution is 0.619. The van der Waals surface area contributed by atoms with Crippen molar-refractivity contribution in [1.82, 2.24) is 0 Å². The van der Waals surface area contributed by atoms with Crippen molar-refractivity contribution in [3.63, 3.8) is 0 Å². The summed E-state index contributed by atoms with van der Waals surface area (Å²) < 4.78 is 13.9. The van der Waals surface area contributed by atoms with E-state index in [-0.39, 0.29) is 5.82 Å². The summed E-state index contributed by atoms with van der Waals surface area (Å²) in [5.41, 5.74) is 7.16. The van der Waals surface area contributed by atoms with E-state index in [2.05, 4.69) is 12.2 Å². The fraction of sp³-hybridized carbons (Fsp3) is 0.455. The zero-order valence-corrected chi connectivity index (χ0v) is 10.7. The monoisotopic (exact) mass is 320 g/mol. The molecule has 0 heterocycles. The number of nitrogens with two attached hydrogens (primary N) is 1. The van der Waals surface area contributed by atoms with Gasteiger partial charge in [-0.1, -0.05) is 0 Å². The van der Waals surface area contributed by atoms with Gasteiger partial charge in [-0.05, 0) is 54.3 Å². The van der Waals surface area contributed by atoms with Gasteiger partial charge in [0.25, 0.3) is 0 Å². The Kier molecular flexibility index (Phi) is 3.04. The summed E-state index contributed by atoms with van der Waals surface area (Å²) in [4.78, 5) is 0. The molecule has 1 atom stereocenters. The molecule has 15 heavy (non-hydrogen) atoms. The first-order valence-corrected chi connectivity index (χ1v) is 6.17. The van der Waals surface area contributed by atoms with Crippen molar-refractivity contribution < 1.29 is 4.39 Å². The predicted octanol–water partition coefficient (Wildman–Crippen LogP) is 3.22. The average molecular weight is 320 g/mol. The van der Waals surface area contributed by atoms with E-state index in [1.54, 1.807) is 6.07 Å².